The summed E-state index contributed by atoms with van der Waals surface area (Å²) in [5, 5.41) is 28.2. The molecule has 0 fully saturated rings. The average molecular weight is 360 g/mol. The van der Waals surface area contributed by atoms with Crippen LogP contribution in [0.5, 0.6) is 0 Å². The number of hydrogen-bond acceptors (Lipinski definition) is 4. The van der Waals surface area contributed by atoms with Gasteiger partial charge in [-0.1, -0.05) is 23.2 Å². The summed E-state index contributed by atoms with van der Waals surface area (Å²) in [4.78, 5) is 0. The molecule has 0 atom stereocenters. The normalized spacial score (nSPS) is 8.89. The zero-order chi connectivity index (χ0) is 14.6. The highest BCUT2D eigenvalue weighted by atomic mass is 79.9. The summed E-state index contributed by atoms with van der Waals surface area (Å²) in [5.74, 6) is -0.816. The van der Waals surface area contributed by atoms with Gasteiger partial charge < -0.3 is 5.32 Å². The summed E-state index contributed by atoms with van der Waals surface area (Å²) < 4.78 is 13.5. The molecular weight excluding hydrogens is 358 g/mol. The molecular formula is C11H2BrCl2FN4. The van der Waals surface area contributed by atoms with Crippen LogP contribution < -0.4 is 5.32 Å². The van der Waals surface area contributed by atoms with E-state index < -0.39 is 11.4 Å². The van der Waals surface area contributed by atoms with Crippen LogP contribution in [-0.2, 0) is 0 Å². The Morgan fingerprint density at radius 1 is 1.21 bits per heavy atom. The fourth-order valence-corrected chi connectivity index (χ4v) is 1.92. The van der Waals surface area contributed by atoms with E-state index in [4.69, 9.17) is 39.0 Å². The van der Waals surface area contributed by atoms with Gasteiger partial charge in [0.05, 0.1) is 20.2 Å². The minimum Gasteiger partial charge on any atom is -0.344 e. The van der Waals surface area contributed by atoms with Crippen LogP contribution in [-0.4, -0.2) is 0 Å². The molecule has 1 N–H and O–H groups in total. The summed E-state index contributed by atoms with van der Waals surface area (Å²) in [6, 6.07) is 5.96. The van der Waals surface area contributed by atoms with Gasteiger partial charge in [0.25, 0.3) is 0 Å². The number of nitrogens with one attached hydrogen (secondary N) is 1. The van der Waals surface area contributed by atoms with Crippen molar-refractivity contribution >= 4 is 44.8 Å². The van der Waals surface area contributed by atoms with E-state index in [-0.39, 0.29) is 25.9 Å². The van der Waals surface area contributed by atoms with Crippen LogP contribution in [0.15, 0.2) is 21.8 Å². The van der Waals surface area contributed by atoms with E-state index in [2.05, 4.69) is 21.2 Å². The maximum Gasteiger partial charge on any atom is 0.163 e. The molecule has 19 heavy (non-hydrogen) atoms. The molecule has 0 aliphatic rings. The number of anilines is 1. The van der Waals surface area contributed by atoms with Crippen molar-refractivity contribution in [2.75, 3.05) is 5.32 Å². The molecule has 1 aromatic carbocycles. The first-order valence-corrected chi connectivity index (χ1v) is 6.05. The van der Waals surface area contributed by atoms with E-state index in [9.17, 15) is 4.39 Å². The zero-order valence-electron chi connectivity index (χ0n) is 8.93. The third-order valence-electron chi connectivity index (χ3n) is 1.95. The first-order valence-electron chi connectivity index (χ1n) is 4.50. The van der Waals surface area contributed by atoms with Crippen LogP contribution in [0.25, 0.3) is 0 Å². The molecule has 0 aromatic heterocycles. The fourth-order valence-electron chi connectivity index (χ4n) is 1.08. The van der Waals surface area contributed by atoms with E-state index in [0.717, 1.165) is 0 Å². The van der Waals surface area contributed by atoms with Crippen molar-refractivity contribution in [3.8, 4) is 18.2 Å². The van der Waals surface area contributed by atoms with Crippen molar-refractivity contribution in [3.63, 3.8) is 0 Å². The topological polar surface area (TPSA) is 83.4 Å². The molecule has 0 aliphatic heterocycles. The van der Waals surface area contributed by atoms with Gasteiger partial charge >= 0.3 is 0 Å². The number of halogens is 4. The van der Waals surface area contributed by atoms with E-state index in [1.165, 1.54) is 6.07 Å². The minimum atomic E-state index is -0.816. The smallest absolute Gasteiger partial charge is 0.163 e. The lowest BCUT2D eigenvalue weighted by Crippen LogP contribution is -2.02. The number of allylic oxidation sites excluding steroid dienone is 2. The first kappa shape index (κ1) is 15.3. The Morgan fingerprint density at radius 2 is 1.79 bits per heavy atom. The molecule has 0 bridgehead atoms. The fraction of sp³-hybridized carbons (Fsp3) is 0. The van der Waals surface area contributed by atoms with Gasteiger partial charge in [-0.25, -0.2) is 4.39 Å². The number of nitriles is 3. The molecule has 0 aliphatic carbocycles. The van der Waals surface area contributed by atoms with Crippen LogP contribution in [0.4, 0.5) is 10.1 Å². The number of hydrogen-bond donors (Lipinski definition) is 1. The van der Waals surface area contributed by atoms with Crippen LogP contribution in [0, 0.1) is 39.8 Å². The largest absolute Gasteiger partial charge is 0.344 e. The molecule has 0 heterocycles. The summed E-state index contributed by atoms with van der Waals surface area (Å²) in [6.45, 7) is 0. The molecule has 0 amide bonds. The van der Waals surface area contributed by atoms with Crippen molar-refractivity contribution < 1.29 is 4.39 Å². The molecule has 94 valence electrons. The predicted molar refractivity (Wildman–Crippen MR) is 71.6 cm³/mol. The second-order valence-corrected chi connectivity index (χ2v) is 4.64. The van der Waals surface area contributed by atoms with Crippen molar-refractivity contribution in [2.45, 2.75) is 0 Å². The van der Waals surface area contributed by atoms with Gasteiger partial charge in [-0.2, -0.15) is 15.8 Å². The highest BCUT2D eigenvalue weighted by Crippen LogP contribution is 2.37. The second kappa shape index (κ2) is 6.41. The summed E-state index contributed by atoms with van der Waals surface area (Å²) in [7, 11) is 0. The first-order chi connectivity index (χ1) is 8.96. The maximum atomic E-state index is 13.4. The monoisotopic (exact) mass is 358 g/mol. The van der Waals surface area contributed by atoms with Crippen LogP contribution >= 0.6 is 39.1 Å². The molecule has 0 saturated carbocycles. The summed E-state index contributed by atoms with van der Waals surface area (Å²) in [6.07, 6.45) is 0. The van der Waals surface area contributed by atoms with Crippen LogP contribution in [0.3, 0.4) is 0 Å². The SMILES string of the molecule is N#CC(C#N)=C(C#N)Nc1cc(Cl)c(F)c(Cl)c1Br. The molecule has 0 spiro atoms. The molecule has 0 saturated heterocycles. The Kier molecular flexibility index (Phi) is 5.15. The molecule has 8 heteroatoms. The van der Waals surface area contributed by atoms with Crippen LogP contribution in [0.2, 0.25) is 10.0 Å². The quantitative estimate of drug-likeness (QED) is 0.488. The van der Waals surface area contributed by atoms with Gasteiger partial charge in [0.15, 0.2) is 11.4 Å². The molecule has 0 radical (unpaired) electrons. The van der Waals surface area contributed by atoms with Gasteiger partial charge in [-0.15, -0.1) is 0 Å². The Balaban J connectivity index is 3.38. The second-order valence-electron chi connectivity index (χ2n) is 3.06. The zero-order valence-corrected chi connectivity index (χ0v) is 12.0. The molecule has 1 rings (SSSR count). The minimum absolute atomic E-state index is 0.124. The van der Waals surface area contributed by atoms with Gasteiger partial charge in [0, 0.05) is 0 Å². The lowest BCUT2D eigenvalue weighted by atomic mass is 10.2. The Hall–Kier alpha value is -1.78. The Bertz CT molecular complexity index is 679. The summed E-state index contributed by atoms with van der Waals surface area (Å²) in [5.41, 5.74) is -0.536. The van der Waals surface area contributed by atoms with E-state index in [1.807, 2.05) is 0 Å². The standard InChI is InChI=1S/C11H2BrCl2FN4/c12-9-7(1-6(13)11(15)10(9)14)19-8(4-18)5(2-16)3-17/h1,19H. The number of nitrogens with zero attached hydrogens (tertiary/aromatic N) is 3. The third-order valence-corrected chi connectivity index (χ3v) is 3.63. The molecule has 0 unspecified atom stereocenters. The number of benzene rings is 1. The highest BCUT2D eigenvalue weighted by Gasteiger charge is 2.16. The van der Waals surface area contributed by atoms with E-state index in [1.54, 1.807) is 18.2 Å². The van der Waals surface area contributed by atoms with Crippen molar-refractivity contribution in [1.82, 2.24) is 0 Å². The predicted octanol–water partition coefficient (Wildman–Crippen LogP) is 4.13. The van der Waals surface area contributed by atoms with Gasteiger partial charge in [0.2, 0.25) is 0 Å². The van der Waals surface area contributed by atoms with Crippen molar-refractivity contribution in [3.05, 3.63) is 37.7 Å². The van der Waals surface area contributed by atoms with E-state index >= 15 is 0 Å². The average Bonchev–Trinajstić information content (AvgIpc) is 2.42. The van der Waals surface area contributed by atoms with Gasteiger partial charge in [0.1, 0.15) is 23.9 Å². The molecule has 1 aromatic rings. The van der Waals surface area contributed by atoms with Crippen molar-refractivity contribution in [2.24, 2.45) is 0 Å². The Labute approximate surface area is 126 Å². The number of rotatable bonds is 2. The third kappa shape index (κ3) is 3.16. The Morgan fingerprint density at radius 3 is 2.26 bits per heavy atom. The lowest BCUT2D eigenvalue weighted by Gasteiger charge is -2.10. The van der Waals surface area contributed by atoms with Crippen molar-refractivity contribution in [1.29, 1.82) is 15.8 Å². The molecule has 4 nitrogen and oxygen atoms in total. The van der Waals surface area contributed by atoms with Gasteiger partial charge in [-0.05, 0) is 22.0 Å². The lowest BCUT2D eigenvalue weighted by molar-refractivity contribution is 0.628. The van der Waals surface area contributed by atoms with Gasteiger partial charge in [-0.3, -0.25) is 0 Å². The highest BCUT2D eigenvalue weighted by molar-refractivity contribution is 9.10. The van der Waals surface area contributed by atoms with Crippen LogP contribution in [0.1, 0.15) is 0 Å². The maximum absolute atomic E-state index is 13.4. The van der Waals surface area contributed by atoms with E-state index in [0.29, 0.717) is 0 Å². The summed E-state index contributed by atoms with van der Waals surface area (Å²) >= 11 is 14.3.